The maximum atomic E-state index is 13.4. The lowest BCUT2D eigenvalue weighted by Gasteiger charge is -2.42. The smallest absolute Gasteiger partial charge is 0.253 e. The third-order valence-corrected chi connectivity index (χ3v) is 9.69. The van der Waals surface area contributed by atoms with E-state index < -0.39 is 11.4 Å². The summed E-state index contributed by atoms with van der Waals surface area (Å²) in [5, 5.41) is 9.12. The molecule has 48 heavy (non-hydrogen) atoms. The largest absolute Gasteiger partial charge is 0.377 e. The van der Waals surface area contributed by atoms with Crippen molar-refractivity contribution in [1.82, 2.24) is 25.8 Å². The van der Waals surface area contributed by atoms with E-state index in [0.717, 1.165) is 32.5 Å². The van der Waals surface area contributed by atoms with Gasteiger partial charge >= 0.3 is 0 Å². The summed E-state index contributed by atoms with van der Waals surface area (Å²) >= 11 is 0. The van der Waals surface area contributed by atoms with Gasteiger partial charge in [-0.3, -0.25) is 24.1 Å². The minimum Gasteiger partial charge on any atom is -0.377 e. The maximum Gasteiger partial charge on any atom is 0.253 e. The number of benzene rings is 2. The molecule has 0 bridgehead atoms. The average Bonchev–Trinajstić information content (AvgIpc) is 3.07. The van der Waals surface area contributed by atoms with E-state index in [4.69, 9.17) is 9.47 Å². The van der Waals surface area contributed by atoms with Crippen molar-refractivity contribution in [3.63, 3.8) is 0 Å². The molecule has 2 aromatic carbocycles. The van der Waals surface area contributed by atoms with Crippen LogP contribution in [0.15, 0.2) is 54.6 Å². The Balaban J connectivity index is 1.23. The predicted molar refractivity (Wildman–Crippen MR) is 177 cm³/mol. The summed E-state index contributed by atoms with van der Waals surface area (Å²) in [5.74, 6) is -0.723. The molecule has 0 aromatic heterocycles. The maximum absolute atomic E-state index is 13.4. The Bertz CT molecular complexity index is 1370. The normalized spacial score (nSPS) is 24.1. The highest BCUT2D eigenvalue weighted by Crippen LogP contribution is 2.31. The van der Waals surface area contributed by atoms with Crippen molar-refractivity contribution >= 4 is 23.6 Å². The second-order valence-corrected chi connectivity index (χ2v) is 13.2. The molecule has 12 heteroatoms. The lowest BCUT2D eigenvalue weighted by Crippen LogP contribution is -2.58. The second-order valence-electron chi connectivity index (χ2n) is 13.2. The fraction of sp³-hybridized carbons (Fsp3) is 0.556. The fourth-order valence-electron chi connectivity index (χ4n) is 7.05. The highest BCUT2D eigenvalue weighted by atomic mass is 19.1. The first-order valence-corrected chi connectivity index (χ1v) is 17.1. The van der Waals surface area contributed by atoms with Crippen LogP contribution in [0.25, 0.3) is 0 Å². The van der Waals surface area contributed by atoms with Gasteiger partial charge in [-0.2, -0.15) is 0 Å². The van der Waals surface area contributed by atoms with Crippen molar-refractivity contribution in [1.29, 1.82) is 0 Å². The van der Waals surface area contributed by atoms with Crippen molar-refractivity contribution in [2.75, 3.05) is 65.7 Å². The van der Waals surface area contributed by atoms with Crippen LogP contribution < -0.4 is 16.0 Å². The lowest BCUT2D eigenvalue weighted by molar-refractivity contribution is -0.130. The highest BCUT2D eigenvalue weighted by Gasteiger charge is 2.39. The molecule has 4 amide bonds. The Morgan fingerprint density at radius 2 is 1.54 bits per heavy atom. The molecule has 2 atom stereocenters. The number of likely N-dealkylation sites (tertiary alicyclic amines) is 2. The summed E-state index contributed by atoms with van der Waals surface area (Å²) < 4.78 is 24.5. The molecule has 3 heterocycles. The van der Waals surface area contributed by atoms with Crippen LogP contribution in [0, 0.1) is 17.7 Å². The molecule has 3 fully saturated rings. The fourth-order valence-corrected chi connectivity index (χ4v) is 7.05. The van der Waals surface area contributed by atoms with Crippen LogP contribution in [0.5, 0.6) is 0 Å². The minimum absolute atomic E-state index is 0.00247. The zero-order valence-corrected chi connectivity index (χ0v) is 27.6. The number of hydrogen-bond donors (Lipinski definition) is 3. The van der Waals surface area contributed by atoms with Crippen LogP contribution in [0.1, 0.15) is 54.4 Å². The molecule has 0 aliphatic carbocycles. The summed E-state index contributed by atoms with van der Waals surface area (Å²) in [4.78, 5) is 56.4. The number of rotatable bonds is 3. The van der Waals surface area contributed by atoms with Gasteiger partial charge in [0.15, 0.2) is 0 Å². The van der Waals surface area contributed by atoms with Crippen molar-refractivity contribution < 1.29 is 33.0 Å². The third kappa shape index (κ3) is 10.6. The summed E-state index contributed by atoms with van der Waals surface area (Å²) in [6.45, 7) is 4.75. The van der Waals surface area contributed by atoms with Crippen molar-refractivity contribution in [2.45, 2.75) is 50.6 Å². The van der Waals surface area contributed by atoms with E-state index in [0.29, 0.717) is 57.6 Å². The molecule has 260 valence electrons. The molecule has 3 saturated heterocycles. The van der Waals surface area contributed by atoms with E-state index in [2.05, 4.69) is 33.0 Å². The number of piperidine rings is 2. The molecule has 3 aliphatic rings. The summed E-state index contributed by atoms with van der Waals surface area (Å²) in [6.07, 6.45) is 2.90. The van der Waals surface area contributed by atoms with E-state index in [1.54, 1.807) is 4.90 Å². The van der Waals surface area contributed by atoms with Gasteiger partial charge in [0.2, 0.25) is 17.7 Å². The van der Waals surface area contributed by atoms with E-state index >= 15 is 0 Å². The number of carbonyl (C=O) groups is 4. The second kappa shape index (κ2) is 17.5. The molecule has 0 saturated carbocycles. The summed E-state index contributed by atoms with van der Waals surface area (Å²) in [7, 11) is 0. The number of nitrogens with one attached hydrogen (secondary N) is 3. The van der Waals surface area contributed by atoms with Gasteiger partial charge in [-0.1, -0.05) is 30.3 Å². The zero-order chi connectivity index (χ0) is 33.8. The van der Waals surface area contributed by atoms with Crippen molar-refractivity contribution in [3.8, 4) is 0 Å². The Kier molecular flexibility index (Phi) is 12.9. The Labute approximate surface area is 281 Å². The number of ether oxygens (including phenoxy) is 2. The van der Waals surface area contributed by atoms with Crippen LogP contribution in [-0.2, 0) is 30.4 Å². The quantitative estimate of drug-likeness (QED) is 0.460. The first kappa shape index (κ1) is 35.4. The standard InChI is InChI=1S/C36H48FN5O6/c37-31-8-6-28(7-9-31)35(46)42-17-12-36(13-18-42)23-33(44)38-14-10-30-25-41(24-27-4-2-1-3-5-27)16-11-29(30)22-32(43)39-15-19-47-20-21-48-26-34(45)40-36/h1-9,29-30H,10-26H2,(H,38,44)(H,39,43)(H,40,45)/t29-,30-/m0/s1. The molecule has 3 aliphatic heterocycles. The molecule has 2 aromatic rings. The van der Waals surface area contributed by atoms with Crippen LogP contribution in [0.3, 0.4) is 0 Å². The predicted octanol–water partition coefficient (Wildman–Crippen LogP) is 2.50. The van der Waals surface area contributed by atoms with Gasteiger partial charge in [0.25, 0.3) is 5.91 Å². The highest BCUT2D eigenvalue weighted by molar-refractivity contribution is 5.94. The average molecular weight is 666 g/mol. The number of hydrogen-bond acceptors (Lipinski definition) is 7. The number of amides is 4. The van der Waals surface area contributed by atoms with Crippen LogP contribution in [-0.4, -0.2) is 105 Å². The zero-order valence-electron chi connectivity index (χ0n) is 27.6. The minimum atomic E-state index is -0.848. The molecular weight excluding hydrogens is 617 g/mol. The van der Waals surface area contributed by atoms with E-state index in [9.17, 15) is 23.6 Å². The topological polar surface area (TPSA) is 129 Å². The molecular formula is C36H48FN5O6. The summed E-state index contributed by atoms with van der Waals surface area (Å²) in [5.41, 5.74) is 0.790. The van der Waals surface area contributed by atoms with Crippen molar-refractivity contribution in [2.24, 2.45) is 11.8 Å². The molecule has 11 nitrogen and oxygen atoms in total. The van der Waals surface area contributed by atoms with Gasteiger partial charge in [0.1, 0.15) is 12.4 Å². The summed E-state index contributed by atoms with van der Waals surface area (Å²) in [6, 6.07) is 15.8. The number of fused-ring (bicyclic) bond motifs is 1. The van der Waals surface area contributed by atoms with Crippen LogP contribution in [0.4, 0.5) is 4.39 Å². The molecule has 3 N–H and O–H groups in total. The molecule has 5 rings (SSSR count). The lowest BCUT2D eigenvalue weighted by atomic mass is 9.80. The Morgan fingerprint density at radius 3 is 2.31 bits per heavy atom. The van der Waals surface area contributed by atoms with E-state index in [1.807, 2.05) is 18.2 Å². The van der Waals surface area contributed by atoms with Gasteiger partial charge in [-0.15, -0.1) is 0 Å². The van der Waals surface area contributed by atoms with E-state index in [-0.39, 0.29) is 61.7 Å². The SMILES string of the molecule is O=C1C[C@@H]2CCN(Cc3ccccc3)C[C@@H]2CCNC(=O)CC2(CCN(C(=O)c3ccc(F)cc3)CC2)NC(=O)COCCOCCN1. The van der Waals surface area contributed by atoms with Gasteiger partial charge in [0, 0.05) is 57.7 Å². The Hall–Kier alpha value is -3.87. The van der Waals surface area contributed by atoms with Gasteiger partial charge in [0.05, 0.1) is 25.4 Å². The molecule has 0 unspecified atom stereocenters. The number of carbonyl (C=O) groups excluding carboxylic acids is 4. The Morgan fingerprint density at radius 1 is 0.812 bits per heavy atom. The van der Waals surface area contributed by atoms with Gasteiger partial charge in [-0.05, 0) is 73.9 Å². The van der Waals surface area contributed by atoms with Gasteiger partial charge < -0.3 is 30.3 Å². The van der Waals surface area contributed by atoms with Gasteiger partial charge in [-0.25, -0.2) is 4.39 Å². The first-order chi connectivity index (χ1) is 23.3. The van der Waals surface area contributed by atoms with Crippen molar-refractivity contribution in [3.05, 3.63) is 71.5 Å². The van der Waals surface area contributed by atoms with E-state index in [1.165, 1.54) is 29.8 Å². The number of halogens is 1. The number of nitrogens with zero attached hydrogens (tertiary/aromatic N) is 2. The third-order valence-electron chi connectivity index (χ3n) is 9.69. The first-order valence-electron chi connectivity index (χ1n) is 17.1. The van der Waals surface area contributed by atoms with Crippen LogP contribution in [0.2, 0.25) is 0 Å². The molecule has 0 radical (unpaired) electrons. The molecule has 1 spiro atoms. The van der Waals surface area contributed by atoms with Crippen LogP contribution >= 0.6 is 0 Å². The monoisotopic (exact) mass is 665 g/mol.